The first-order valence-electron chi connectivity index (χ1n) is 9.70. The molecule has 3 rings (SSSR count). The molecule has 2 aromatic carbocycles. The summed E-state index contributed by atoms with van der Waals surface area (Å²) in [4.78, 5) is 32.8. The van der Waals surface area contributed by atoms with Crippen LogP contribution in [0.4, 0.5) is 10.5 Å². The van der Waals surface area contributed by atoms with Crippen molar-refractivity contribution in [1.29, 1.82) is 0 Å². The molecule has 0 unspecified atom stereocenters. The van der Waals surface area contributed by atoms with Gasteiger partial charge in [0.15, 0.2) is 0 Å². The Balaban J connectivity index is 1.84. The Morgan fingerprint density at radius 3 is 2.53 bits per heavy atom. The van der Waals surface area contributed by atoms with Gasteiger partial charge in [0.05, 0.1) is 17.6 Å². The summed E-state index contributed by atoms with van der Waals surface area (Å²) < 4.78 is 2.05. The molecule has 0 saturated heterocycles. The first-order valence-corrected chi connectivity index (χ1v) is 10.1. The van der Waals surface area contributed by atoms with Gasteiger partial charge in [-0.25, -0.2) is 9.78 Å². The lowest BCUT2D eigenvalue weighted by atomic mass is 10.2. The van der Waals surface area contributed by atoms with Gasteiger partial charge in [-0.3, -0.25) is 4.79 Å². The van der Waals surface area contributed by atoms with E-state index in [0.29, 0.717) is 29.4 Å². The number of hydrogen-bond acceptors (Lipinski definition) is 3. The molecule has 0 fully saturated rings. The third kappa shape index (κ3) is 4.41. The highest BCUT2D eigenvalue weighted by Crippen LogP contribution is 2.22. The van der Waals surface area contributed by atoms with E-state index in [1.807, 2.05) is 30.5 Å². The largest absolute Gasteiger partial charge is 0.345 e. The van der Waals surface area contributed by atoms with E-state index in [0.717, 1.165) is 22.4 Å². The standard InChI is InChI=1S/C22H26ClN5O2/c1-6-28-19-10-8-15(21(29)26(3)4)11-18(19)24-20(28)13-27(5)22(30)25-17-12-16(23)9-7-14(17)2/h7-12H,6,13H2,1-5H3,(H,25,30). The molecule has 0 saturated carbocycles. The third-order valence-corrected chi connectivity index (χ3v) is 5.20. The number of nitrogens with zero attached hydrogens (tertiary/aromatic N) is 4. The normalized spacial score (nSPS) is 10.9. The van der Waals surface area contributed by atoms with Gasteiger partial charge >= 0.3 is 6.03 Å². The van der Waals surface area contributed by atoms with Crippen molar-refractivity contribution in [3.05, 3.63) is 58.4 Å². The Morgan fingerprint density at radius 1 is 1.13 bits per heavy atom. The number of carbonyl (C=O) groups excluding carboxylic acids is 2. The maximum absolute atomic E-state index is 12.7. The van der Waals surface area contributed by atoms with Crippen molar-refractivity contribution >= 4 is 40.3 Å². The quantitative estimate of drug-likeness (QED) is 0.656. The fourth-order valence-electron chi connectivity index (χ4n) is 3.27. The Bertz CT molecular complexity index is 1110. The molecule has 3 aromatic rings. The molecule has 7 nitrogen and oxygen atoms in total. The van der Waals surface area contributed by atoms with Crippen LogP contribution in [0.3, 0.4) is 0 Å². The van der Waals surface area contributed by atoms with Crippen LogP contribution in [0.5, 0.6) is 0 Å². The average molecular weight is 428 g/mol. The predicted octanol–water partition coefficient (Wildman–Crippen LogP) is 4.38. The number of fused-ring (bicyclic) bond motifs is 1. The summed E-state index contributed by atoms with van der Waals surface area (Å²) in [5.74, 6) is 0.681. The SMILES string of the molecule is CCn1c(CN(C)C(=O)Nc2cc(Cl)ccc2C)nc2cc(C(=O)N(C)C)ccc21. The highest BCUT2D eigenvalue weighted by molar-refractivity contribution is 6.31. The van der Waals surface area contributed by atoms with Crippen LogP contribution in [0.15, 0.2) is 36.4 Å². The van der Waals surface area contributed by atoms with Crippen LogP contribution < -0.4 is 5.32 Å². The number of rotatable bonds is 5. The summed E-state index contributed by atoms with van der Waals surface area (Å²) >= 11 is 6.04. The Labute approximate surface area is 181 Å². The molecule has 3 amide bonds. The summed E-state index contributed by atoms with van der Waals surface area (Å²) in [7, 11) is 5.16. The Morgan fingerprint density at radius 2 is 1.87 bits per heavy atom. The third-order valence-electron chi connectivity index (χ3n) is 4.96. The van der Waals surface area contributed by atoms with Crippen LogP contribution in [0, 0.1) is 6.92 Å². The van der Waals surface area contributed by atoms with E-state index in [1.165, 1.54) is 4.90 Å². The molecule has 1 N–H and O–H groups in total. The first kappa shape index (κ1) is 21.6. The molecule has 0 bridgehead atoms. The highest BCUT2D eigenvalue weighted by atomic mass is 35.5. The minimum atomic E-state index is -0.251. The first-order chi connectivity index (χ1) is 14.2. The van der Waals surface area contributed by atoms with Gasteiger partial charge in [-0.05, 0) is 49.7 Å². The lowest BCUT2D eigenvalue weighted by Crippen LogP contribution is -2.32. The van der Waals surface area contributed by atoms with Crippen LogP contribution in [-0.2, 0) is 13.1 Å². The van der Waals surface area contributed by atoms with E-state index in [2.05, 4.69) is 5.32 Å². The second-order valence-electron chi connectivity index (χ2n) is 7.42. The number of carbonyl (C=O) groups is 2. The Hall–Kier alpha value is -3.06. The predicted molar refractivity (Wildman–Crippen MR) is 120 cm³/mol. The summed E-state index contributed by atoms with van der Waals surface area (Å²) in [5, 5.41) is 3.46. The van der Waals surface area contributed by atoms with Crippen molar-refractivity contribution in [2.24, 2.45) is 0 Å². The van der Waals surface area contributed by atoms with Crippen LogP contribution in [0.1, 0.15) is 28.7 Å². The molecule has 1 aromatic heterocycles. The molecular weight excluding hydrogens is 402 g/mol. The molecule has 30 heavy (non-hydrogen) atoms. The number of nitrogens with one attached hydrogen (secondary N) is 1. The van der Waals surface area contributed by atoms with Gasteiger partial charge in [0.25, 0.3) is 5.91 Å². The fraction of sp³-hybridized carbons (Fsp3) is 0.318. The van der Waals surface area contributed by atoms with Gasteiger partial charge in [0, 0.05) is 44.0 Å². The molecule has 8 heteroatoms. The highest BCUT2D eigenvalue weighted by Gasteiger charge is 2.17. The molecule has 0 aliphatic heterocycles. The van der Waals surface area contributed by atoms with Gasteiger partial charge in [-0.2, -0.15) is 0 Å². The van der Waals surface area contributed by atoms with Crippen molar-refractivity contribution in [3.8, 4) is 0 Å². The van der Waals surface area contributed by atoms with E-state index in [1.54, 1.807) is 50.3 Å². The monoisotopic (exact) mass is 427 g/mol. The number of aromatic nitrogens is 2. The summed E-state index contributed by atoms with van der Waals surface area (Å²) in [6.45, 7) is 4.97. The number of benzene rings is 2. The fourth-order valence-corrected chi connectivity index (χ4v) is 3.44. The second-order valence-corrected chi connectivity index (χ2v) is 7.86. The van der Waals surface area contributed by atoms with Crippen LogP contribution in [0.2, 0.25) is 5.02 Å². The maximum atomic E-state index is 12.7. The smallest absolute Gasteiger partial charge is 0.321 e. The maximum Gasteiger partial charge on any atom is 0.321 e. The van der Waals surface area contributed by atoms with Crippen LogP contribution >= 0.6 is 11.6 Å². The van der Waals surface area contributed by atoms with Crippen LogP contribution in [-0.4, -0.2) is 52.4 Å². The van der Waals surface area contributed by atoms with Gasteiger partial charge < -0.3 is 19.7 Å². The minimum Gasteiger partial charge on any atom is -0.345 e. The molecule has 0 radical (unpaired) electrons. The number of halogens is 1. The van der Waals surface area contributed by atoms with Crippen molar-refractivity contribution in [2.45, 2.75) is 26.9 Å². The second kappa shape index (κ2) is 8.75. The van der Waals surface area contributed by atoms with E-state index < -0.39 is 0 Å². The zero-order valence-electron chi connectivity index (χ0n) is 17.9. The number of imidazole rings is 1. The van der Waals surface area contributed by atoms with E-state index in [9.17, 15) is 9.59 Å². The van der Waals surface area contributed by atoms with Gasteiger partial charge in [-0.15, -0.1) is 0 Å². The number of hydrogen-bond donors (Lipinski definition) is 1. The molecule has 0 aliphatic carbocycles. The zero-order chi connectivity index (χ0) is 22.0. The number of amides is 3. The van der Waals surface area contributed by atoms with Crippen molar-refractivity contribution in [1.82, 2.24) is 19.4 Å². The van der Waals surface area contributed by atoms with E-state index in [-0.39, 0.29) is 11.9 Å². The lowest BCUT2D eigenvalue weighted by molar-refractivity contribution is 0.0827. The van der Waals surface area contributed by atoms with Gasteiger partial charge in [-0.1, -0.05) is 17.7 Å². The molecular formula is C22H26ClN5O2. The van der Waals surface area contributed by atoms with Crippen molar-refractivity contribution in [3.63, 3.8) is 0 Å². The minimum absolute atomic E-state index is 0.0714. The van der Waals surface area contributed by atoms with E-state index in [4.69, 9.17) is 16.6 Å². The summed E-state index contributed by atoms with van der Waals surface area (Å²) in [6, 6.07) is 10.6. The zero-order valence-corrected chi connectivity index (χ0v) is 18.6. The summed E-state index contributed by atoms with van der Waals surface area (Å²) in [5.41, 5.74) is 3.86. The molecule has 0 aliphatic rings. The number of aryl methyl sites for hydroxylation is 2. The average Bonchev–Trinajstić information content (AvgIpc) is 3.05. The van der Waals surface area contributed by atoms with Gasteiger partial charge in [0.1, 0.15) is 5.82 Å². The Kier molecular flexibility index (Phi) is 6.31. The van der Waals surface area contributed by atoms with Crippen molar-refractivity contribution in [2.75, 3.05) is 26.5 Å². The van der Waals surface area contributed by atoms with Crippen molar-refractivity contribution < 1.29 is 9.59 Å². The number of urea groups is 1. The number of anilines is 1. The molecule has 158 valence electrons. The molecule has 0 spiro atoms. The van der Waals surface area contributed by atoms with Crippen LogP contribution in [0.25, 0.3) is 11.0 Å². The lowest BCUT2D eigenvalue weighted by Gasteiger charge is -2.19. The van der Waals surface area contributed by atoms with Gasteiger partial charge in [0.2, 0.25) is 0 Å². The molecule has 0 atom stereocenters. The topological polar surface area (TPSA) is 70.5 Å². The summed E-state index contributed by atoms with van der Waals surface area (Å²) in [6.07, 6.45) is 0. The molecule has 1 heterocycles. The van der Waals surface area contributed by atoms with E-state index >= 15 is 0 Å².